The molecule has 110 valence electrons. The third-order valence-corrected chi connectivity index (χ3v) is 3.60. The second-order valence-corrected chi connectivity index (χ2v) is 5.40. The molecule has 2 rings (SSSR count). The van der Waals surface area contributed by atoms with Gasteiger partial charge in [-0.3, -0.25) is 10.1 Å². The van der Waals surface area contributed by atoms with Crippen LogP contribution in [0.3, 0.4) is 0 Å². The van der Waals surface area contributed by atoms with Crippen molar-refractivity contribution in [1.29, 1.82) is 0 Å². The van der Waals surface area contributed by atoms with Crippen molar-refractivity contribution >= 4 is 23.0 Å². The molecule has 0 aromatic heterocycles. The van der Waals surface area contributed by atoms with Gasteiger partial charge in [-0.15, -0.1) is 0 Å². The Morgan fingerprint density at radius 2 is 1.95 bits per heavy atom. The Bertz CT molecular complexity index is 617. The molecule has 2 aromatic carbocycles. The lowest BCUT2D eigenvalue weighted by Crippen LogP contribution is -2.16. The quantitative estimate of drug-likeness (QED) is 0.622. The molecule has 0 aliphatic rings. The number of hydrogen-bond donors (Lipinski definition) is 1. The molecule has 1 N–H and O–H groups in total. The van der Waals surface area contributed by atoms with Gasteiger partial charge in [0.1, 0.15) is 0 Å². The predicted octanol–water partition coefficient (Wildman–Crippen LogP) is 4.68. The minimum absolute atomic E-state index is 0.0390. The van der Waals surface area contributed by atoms with Gasteiger partial charge in [-0.25, -0.2) is 0 Å². The molecule has 0 saturated heterocycles. The summed E-state index contributed by atoms with van der Waals surface area (Å²) in [6.45, 7) is 2.04. The van der Waals surface area contributed by atoms with Gasteiger partial charge < -0.3 is 5.32 Å². The molecular weight excluding hydrogens is 288 g/mol. The van der Waals surface area contributed by atoms with E-state index in [1.807, 2.05) is 25.1 Å². The number of nitrogens with zero attached hydrogens (tertiary/aromatic N) is 1. The molecule has 5 heteroatoms. The summed E-state index contributed by atoms with van der Waals surface area (Å²) in [5, 5.41) is 14.5. The van der Waals surface area contributed by atoms with Crippen molar-refractivity contribution in [3.05, 3.63) is 69.2 Å². The minimum Gasteiger partial charge on any atom is -0.381 e. The van der Waals surface area contributed by atoms with Crippen molar-refractivity contribution in [2.45, 2.75) is 25.8 Å². The fraction of sp³-hybridized carbons (Fsp3) is 0.250. The van der Waals surface area contributed by atoms with Crippen molar-refractivity contribution in [2.75, 3.05) is 5.32 Å². The van der Waals surface area contributed by atoms with Gasteiger partial charge in [0.05, 0.1) is 15.6 Å². The van der Waals surface area contributed by atoms with Crippen LogP contribution in [0.5, 0.6) is 0 Å². The third-order valence-electron chi connectivity index (χ3n) is 3.27. The fourth-order valence-electron chi connectivity index (χ4n) is 2.10. The molecule has 0 aliphatic heterocycles. The number of rotatable bonds is 6. The average Bonchev–Trinajstić information content (AvgIpc) is 2.48. The van der Waals surface area contributed by atoms with Crippen LogP contribution in [0.15, 0.2) is 48.5 Å². The van der Waals surface area contributed by atoms with E-state index in [4.69, 9.17) is 11.6 Å². The van der Waals surface area contributed by atoms with Crippen LogP contribution in [-0.2, 0) is 6.42 Å². The molecule has 0 fully saturated rings. The van der Waals surface area contributed by atoms with Crippen molar-refractivity contribution in [3.63, 3.8) is 0 Å². The number of hydrogen-bond acceptors (Lipinski definition) is 3. The summed E-state index contributed by atoms with van der Waals surface area (Å²) in [4.78, 5) is 10.4. The highest BCUT2D eigenvalue weighted by atomic mass is 35.5. The maximum absolute atomic E-state index is 10.8. The zero-order valence-corrected chi connectivity index (χ0v) is 12.5. The predicted molar refractivity (Wildman–Crippen MR) is 86.0 cm³/mol. The first-order valence-corrected chi connectivity index (χ1v) is 7.18. The van der Waals surface area contributed by atoms with Crippen molar-refractivity contribution < 1.29 is 4.92 Å². The van der Waals surface area contributed by atoms with E-state index in [2.05, 4.69) is 17.4 Å². The minimum atomic E-state index is -0.420. The van der Waals surface area contributed by atoms with E-state index in [1.165, 1.54) is 17.7 Å². The average molecular weight is 305 g/mol. The monoisotopic (exact) mass is 304 g/mol. The Morgan fingerprint density at radius 1 is 1.24 bits per heavy atom. The Balaban J connectivity index is 1.97. The van der Waals surface area contributed by atoms with E-state index in [9.17, 15) is 10.1 Å². The van der Waals surface area contributed by atoms with E-state index < -0.39 is 4.92 Å². The van der Waals surface area contributed by atoms with Crippen LogP contribution in [0.1, 0.15) is 18.9 Å². The largest absolute Gasteiger partial charge is 0.381 e. The van der Waals surface area contributed by atoms with Crippen LogP contribution in [0.4, 0.5) is 11.4 Å². The van der Waals surface area contributed by atoms with E-state index in [0.29, 0.717) is 10.7 Å². The number of anilines is 1. The highest BCUT2D eigenvalue weighted by Crippen LogP contribution is 2.27. The van der Waals surface area contributed by atoms with Crippen LogP contribution in [0.25, 0.3) is 0 Å². The molecule has 0 amide bonds. The number of benzene rings is 2. The topological polar surface area (TPSA) is 55.2 Å². The SMILES string of the molecule is CC(CCc1ccccc1)Nc1cc([N+](=O)[O-])ccc1Cl. The maximum Gasteiger partial charge on any atom is 0.271 e. The molecule has 21 heavy (non-hydrogen) atoms. The molecule has 2 aromatic rings. The van der Waals surface area contributed by atoms with Gasteiger partial charge in [0, 0.05) is 18.2 Å². The summed E-state index contributed by atoms with van der Waals surface area (Å²) in [6.07, 6.45) is 1.87. The smallest absolute Gasteiger partial charge is 0.271 e. The zero-order chi connectivity index (χ0) is 15.2. The molecule has 0 aliphatic carbocycles. The molecule has 4 nitrogen and oxygen atoms in total. The first-order chi connectivity index (χ1) is 10.1. The summed E-state index contributed by atoms with van der Waals surface area (Å²) < 4.78 is 0. The summed E-state index contributed by atoms with van der Waals surface area (Å²) in [7, 11) is 0. The van der Waals surface area contributed by atoms with Gasteiger partial charge in [0.2, 0.25) is 0 Å². The van der Waals surface area contributed by atoms with Crippen LogP contribution >= 0.6 is 11.6 Å². The number of aryl methyl sites for hydroxylation is 1. The Hall–Kier alpha value is -2.07. The zero-order valence-electron chi connectivity index (χ0n) is 11.8. The van der Waals surface area contributed by atoms with E-state index in [1.54, 1.807) is 6.07 Å². The Morgan fingerprint density at radius 3 is 2.62 bits per heavy atom. The van der Waals surface area contributed by atoms with Crippen LogP contribution < -0.4 is 5.32 Å². The number of non-ortho nitro benzene ring substituents is 1. The van der Waals surface area contributed by atoms with Crippen molar-refractivity contribution in [3.8, 4) is 0 Å². The van der Waals surface area contributed by atoms with E-state index >= 15 is 0 Å². The molecule has 0 bridgehead atoms. The summed E-state index contributed by atoms with van der Waals surface area (Å²) in [6, 6.07) is 14.8. The highest BCUT2D eigenvalue weighted by molar-refractivity contribution is 6.33. The standard InChI is InChI=1S/C16H17ClN2O2/c1-12(7-8-13-5-3-2-4-6-13)18-16-11-14(19(20)21)9-10-15(16)17/h2-6,9-12,18H,7-8H2,1H3. The van der Waals surface area contributed by atoms with Gasteiger partial charge in [-0.1, -0.05) is 41.9 Å². The Kier molecular flexibility index (Phi) is 5.17. The molecule has 0 heterocycles. The Labute approximate surface area is 128 Å². The van der Waals surface area contributed by atoms with Gasteiger partial charge in [0.15, 0.2) is 0 Å². The molecular formula is C16H17ClN2O2. The first-order valence-electron chi connectivity index (χ1n) is 6.80. The molecule has 1 unspecified atom stereocenters. The second kappa shape index (κ2) is 7.09. The molecule has 0 saturated carbocycles. The maximum atomic E-state index is 10.8. The lowest BCUT2D eigenvalue weighted by atomic mass is 10.1. The van der Waals surface area contributed by atoms with Crippen molar-refractivity contribution in [2.24, 2.45) is 0 Å². The lowest BCUT2D eigenvalue weighted by Gasteiger charge is -2.16. The van der Waals surface area contributed by atoms with Gasteiger partial charge in [-0.05, 0) is 31.4 Å². The van der Waals surface area contributed by atoms with Gasteiger partial charge >= 0.3 is 0 Å². The normalized spacial score (nSPS) is 11.9. The highest BCUT2D eigenvalue weighted by Gasteiger charge is 2.11. The number of nitro groups is 1. The van der Waals surface area contributed by atoms with Crippen molar-refractivity contribution in [1.82, 2.24) is 0 Å². The van der Waals surface area contributed by atoms with Crippen LogP contribution in [0.2, 0.25) is 5.02 Å². The summed E-state index contributed by atoms with van der Waals surface area (Å²) >= 11 is 6.08. The lowest BCUT2D eigenvalue weighted by molar-refractivity contribution is -0.384. The summed E-state index contributed by atoms with van der Waals surface area (Å²) in [5.41, 5.74) is 1.92. The third kappa shape index (κ3) is 4.46. The summed E-state index contributed by atoms with van der Waals surface area (Å²) in [5.74, 6) is 0. The molecule has 1 atom stereocenters. The number of nitrogens with one attached hydrogen (secondary N) is 1. The van der Waals surface area contributed by atoms with Gasteiger partial charge in [-0.2, -0.15) is 0 Å². The van der Waals surface area contributed by atoms with Crippen LogP contribution in [0, 0.1) is 10.1 Å². The molecule has 0 radical (unpaired) electrons. The van der Waals surface area contributed by atoms with Crippen LogP contribution in [-0.4, -0.2) is 11.0 Å². The first kappa shape index (κ1) is 15.3. The second-order valence-electron chi connectivity index (χ2n) is 4.99. The fourth-order valence-corrected chi connectivity index (χ4v) is 2.28. The number of nitro benzene ring substituents is 1. The van der Waals surface area contributed by atoms with E-state index in [-0.39, 0.29) is 11.7 Å². The molecule has 0 spiro atoms. The van der Waals surface area contributed by atoms with E-state index in [0.717, 1.165) is 12.8 Å². The number of halogens is 1. The van der Waals surface area contributed by atoms with Gasteiger partial charge in [0.25, 0.3) is 5.69 Å².